The molecule has 1 amide bonds. The number of nitrogens with one attached hydrogen (secondary N) is 1. The fourth-order valence-electron chi connectivity index (χ4n) is 1.75. The minimum absolute atomic E-state index is 0.236. The Morgan fingerprint density at radius 3 is 2.52 bits per heavy atom. The molecule has 0 aliphatic rings. The van der Waals surface area contributed by atoms with E-state index >= 15 is 0 Å². The quantitative estimate of drug-likeness (QED) is 0.835. The molecule has 7 nitrogen and oxygen atoms in total. The van der Waals surface area contributed by atoms with Crippen molar-refractivity contribution in [3.8, 4) is 5.75 Å². The summed E-state index contributed by atoms with van der Waals surface area (Å²) in [5, 5.41) is 11.8. The Hall–Kier alpha value is -2.80. The molecule has 0 bridgehead atoms. The fourth-order valence-corrected chi connectivity index (χ4v) is 1.88. The Labute approximate surface area is 136 Å². The van der Waals surface area contributed by atoms with E-state index in [9.17, 15) is 14.4 Å². The number of carbonyl (C=O) groups is 2. The molecule has 2 N–H and O–H groups in total. The second kappa shape index (κ2) is 7.46. The maximum atomic E-state index is 11.8. The first kappa shape index (κ1) is 16.6. The summed E-state index contributed by atoms with van der Waals surface area (Å²) in [6, 6.07) is 9.10. The predicted octanol–water partition coefficient (Wildman–Crippen LogP) is 1.60. The number of hydrogen-bond acceptors (Lipinski definition) is 4. The number of anilines is 1. The highest BCUT2D eigenvalue weighted by Crippen LogP contribution is 2.15. The van der Waals surface area contributed by atoms with Crippen LogP contribution in [0.1, 0.15) is 0 Å². The van der Waals surface area contributed by atoms with Gasteiger partial charge in [-0.25, -0.2) is 0 Å². The van der Waals surface area contributed by atoms with E-state index in [-0.39, 0.29) is 6.61 Å². The van der Waals surface area contributed by atoms with Crippen LogP contribution in [-0.4, -0.2) is 28.2 Å². The third-order valence-electron chi connectivity index (χ3n) is 2.76. The first-order valence-electron chi connectivity index (χ1n) is 6.54. The zero-order valence-electron chi connectivity index (χ0n) is 11.9. The molecule has 0 saturated carbocycles. The van der Waals surface area contributed by atoms with E-state index in [0.717, 1.165) is 4.57 Å². The van der Waals surface area contributed by atoms with Crippen LogP contribution < -0.4 is 15.6 Å². The molecule has 0 radical (unpaired) electrons. The van der Waals surface area contributed by atoms with E-state index in [0.29, 0.717) is 16.5 Å². The minimum atomic E-state index is -1.15. The smallest absolute Gasteiger partial charge is 0.323 e. The van der Waals surface area contributed by atoms with E-state index in [1.165, 1.54) is 18.3 Å². The van der Waals surface area contributed by atoms with Crippen LogP contribution in [-0.2, 0) is 16.1 Å². The molecule has 1 heterocycles. The monoisotopic (exact) mass is 336 g/mol. The molecular formula is C15H13ClN2O5. The number of halogens is 1. The van der Waals surface area contributed by atoms with Crippen molar-refractivity contribution >= 4 is 29.2 Å². The van der Waals surface area contributed by atoms with Crippen LogP contribution in [0.5, 0.6) is 5.75 Å². The third kappa shape index (κ3) is 5.15. The van der Waals surface area contributed by atoms with Gasteiger partial charge >= 0.3 is 5.97 Å². The van der Waals surface area contributed by atoms with E-state index < -0.39 is 24.0 Å². The van der Waals surface area contributed by atoms with Crippen molar-refractivity contribution in [2.75, 3.05) is 11.9 Å². The van der Waals surface area contributed by atoms with Crippen molar-refractivity contribution in [3.63, 3.8) is 0 Å². The summed E-state index contributed by atoms with van der Waals surface area (Å²) in [5.41, 5.74) is -0.168. The van der Waals surface area contributed by atoms with Gasteiger partial charge in [-0.2, -0.15) is 0 Å². The highest BCUT2D eigenvalue weighted by molar-refractivity contribution is 6.30. The number of rotatable bonds is 6. The first-order chi connectivity index (χ1) is 10.9. The number of hydrogen-bond donors (Lipinski definition) is 2. The Bertz CT molecular complexity index is 770. The fraction of sp³-hybridized carbons (Fsp3) is 0.133. The number of pyridine rings is 1. The Morgan fingerprint density at radius 2 is 1.87 bits per heavy atom. The predicted molar refractivity (Wildman–Crippen MR) is 83.9 cm³/mol. The molecule has 0 fully saturated rings. The Balaban J connectivity index is 1.95. The van der Waals surface area contributed by atoms with Gasteiger partial charge in [-0.15, -0.1) is 0 Å². The molecule has 0 unspecified atom stereocenters. The highest BCUT2D eigenvalue weighted by Gasteiger charge is 2.07. The van der Waals surface area contributed by atoms with Crippen LogP contribution in [0, 0.1) is 0 Å². The Kier molecular flexibility index (Phi) is 5.37. The van der Waals surface area contributed by atoms with E-state index in [1.807, 2.05) is 0 Å². The standard InChI is InChI=1S/C15H13ClN2O5/c16-10-1-4-12(5-2-10)23-9-13(19)17-11-3-6-14(20)18(7-11)8-15(21)22/h1-7H,8-9H2,(H,17,19)(H,21,22). The van der Waals surface area contributed by atoms with Crippen molar-refractivity contribution in [2.45, 2.75) is 6.54 Å². The number of carboxylic acids is 1. The molecule has 120 valence electrons. The van der Waals surface area contributed by atoms with E-state index in [4.69, 9.17) is 21.4 Å². The van der Waals surface area contributed by atoms with Gasteiger partial charge in [-0.1, -0.05) is 11.6 Å². The van der Waals surface area contributed by atoms with Gasteiger partial charge in [0.15, 0.2) is 6.61 Å². The molecule has 1 aromatic heterocycles. The average molecular weight is 337 g/mol. The summed E-state index contributed by atoms with van der Waals surface area (Å²) in [5.74, 6) is -1.11. The lowest BCUT2D eigenvalue weighted by Crippen LogP contribution is -2.25. The van der Waals surface area contributed by atoms with E-state index in [2.05, 4.69) is 5.32 Å². The normalized spacial score (nSPS) is 10.1. The topological polar surface area (TPSA) is 97.6 Å². The lowest BCUT2D eigenvalue weighted by molar-refractivity contribution is -0.137. The molecule has 1 aromatic carbocycles. The van der Waals surface area contributed by atoms with Crippen molar-refractivity contribution in [1.29, 1.82) is 0 Å². The van der Waals surface area contributed by atoms with Crippen LogP contribution in [0.25, 0.3) is 0 Å². The van der Waals surface area contributed by atoms with Crippen LogP contribution in [0.2, 0.25) is 5.02 Å². The molecule has 23 heavy (non-hydrogen) atoms. The van der Waals surface area contributed by atoms with Crippen LogP contribution in [0.3, 0.4) is 0 Å². The summed E-state index contributed by atoms with van der Waals surface area (Å²) in [4.78, 5) is 33.9. The van der Waals surface area contributed by atoms with Gasteiger partial charge < -0.3 is 19.7 Å². The van der Waals surface area contributed by atoms with Crippen LogP contribution >= 0.6 is 11.6 Å². The summed E-state index contributed by atoms with van der Waals surface area (Å²) in [7, 11) is 0. The second-order valence-corrected chi connectivity index (χ2v) is 5.00. The maximum absolute atomic E-state index is 11.8. The number of aliphatic carboxylic acids is 1. The molecule has 0 spiro atoms. The number of ether oxygens (including phenoxy) is 1. The van der Waals surface area contributed by atoms with Gasteiger partial charge in [0.2, 0.25) is 0 Å². The number of amides is 1. The number of benzene rings is 1. The molecule has 2 aromatic rings. The van der Waals surface area contributed by atoms with E-state index in [1.54, 1.807) is 24.3 Å². The zero-order chi connectivity index (χ0) is 16.8. The van der Waals surface area contributed by atoms with Gasteiger partial charge in [0, 0.05) is 17.3 Å². The highest BCUT2D eigenvalue weighted by atomic mass is 35.5. The summed E-state index contributed by atoms with van der Waals surface area (Å²) in [6.07, 6.45) is 1.26. The first-order valence-corrected chi connectivity index (χ1v) is 6.92. The summed E-state index contributed by atoms with van der Waals surface area (Å²) < 4.78 is 6.26. The molecule has 0 aliphatic heterocycles. The van der Waals surface area contributed by atoms with Crippen molar-refractivity contribution in [2.24, 2.45) is 0 Å². The van der Waals surface area contributed by atoms with Gasteiger partial charge in [0.05, 0.1) is 5.69 Å². The van der Waals surface area contributed by atoms with Gasteiger partial charge in [-0.05, 0) is 30.3 Å². The van der Waals surface area contributed by atoms with Gasteiger partial charge in [0.1, 0.15) is 12.3 Å². The van der Waals surface area contributed by atoms with Crippen molar-refractivity contribution < 1.29 is 19.4 Å². The zero-order valence-corrected chi connectivity index (χ0v) is 12.6. The Morgan fingerprint density at radius 1 is 1.17 bits per heavy atom. The molecule has 0 aliphatic carbocycles. The van der Waals surface area contributed by atoms with Crippen molar-refractivity contribution in [1.82, 2.24) is 4.57 Å². The molecule has 0 saturated heterocycles. The summed E-state index contributed by atoms with van der Waals surface area (Å²) in [6.45, 7) is -0.719. The molecule has 2 rings (SSSR count). The number of carboxylic acid groups (broad SMARTS) is 1. The van der Waals surface area contributed by atoms with Gasteiger partial charge in [-0.3, -0.25) is 14.4 Å². The largest absolute Gasteiger partial charge is 0.484 e. The average Bonchev–Trinajstić information content (AvgIpc) is 2.49. The second-order valence-electron chi connectivity index (χ2n) is 4.57. The lowest BCUT2D eigenvalue weighted by Gasteiger charge is -2.09. The SMILES string of the molecule is O=C(O)Cn1cc(NC(=O)COc2ccc(Cl)cc2)ccc1=O. The number of carbonyl (C=O) groups excluding carboxylic acids is 1. The van der Waals surface area contributed by atoms with Crippen molar-refractivity contribution in [3.05, 3.63) is 58.0 Å². The number of nitrogens with zero attached hydrogens (tertiary/aromatic N) is 1. The third-order valence-corrected chi connectivity index (χ3v) is 3.01. The summed E-state index contributed by atoms with van der Waals surface area (Å²) >= 11 is 5.74. The molecule has 8 heteroatoms. The van der Waals surface area contributed by atoms with Crippen LogP contribution in [0.4, 0.5) is 5.69 Å². The van der Waals surface area contributed by atoms with Gasteiger partial charge in [0.25, 0.3) is 11.5 Å². The molecular weight excluding hydrogens is 324 g/mol. The molecule has 0 atom stereocenters. The minimum Gasteiger partial charge on any atom is -0.484 e. The lowest BCUT2D eigenvalue weighted by atomic mass is 10.3. The maximum Gasteiger partial charge on any atom is 0.323 e. The van der Waals surface area contributed by atoms with Crippen LogP contribution in [0.15, 0.2) is 47.4 Å². The number of aromatic nitrogens is 1.